The van der Waals surface area contributed by atoms with E-state index in [1.807, 2.05) is 26.2 Å². The molecule has 0 aliphatic carbocycles. The highest BCUT2D eigenvalue weighted by Crippen LogP contribution is 2.28. The van der Waals surface area contributed by atoms with Crippen LogP contribution in [-0.2, 0) is 6.54 Å². The van der Waals surface area contributed by atoms with Crippen molar-refractivity contribution in [3.8, 4) is 23.0 Å². The summed E-state index contributed by atoms with van der Waals surface area (Å²) in [4.78, 5) is 11.5. The summed E-state index contributed by atoms with van der Waals surface area (Å²) in [5.41, 5.74) is 3.12. The first kappa shape index (κ1) is 19.1. The molecule has 3 rings (SSSR count). The van der Waals surface area contributed by atoms with Crippen molar-refractivity contribution in [2.45, 2.75) is 6.54 Å². The molecule has 0 saturated heterocycles. The van der Waals surface area contributed by atoms with E-state index in [9.17, 15) is 14.3 Å². The maximum atomic E-state index is 14.1. The quantitative estimate of drug-likeness (QED) is 0.608. The Morgan fingerprint density at radius 2 is 2.04 bits per heavy atom. The fourth-order valence-electron chi connectivity index (χ4n) is 2.95. The molecule has 8 heteroatoms. The van der Waals surface area contributed by atoms with Crippen LogP contribution in [0.15, 0.2) is 42.5 Å². The summed E-state index contributed by atoms with van der Waals surface area (Å²) in [6.45, 7) is 0.595. The number of hydrogen-bond donors (Lipinski definition) is 3. The molecular formula is C20H18FN5O2. The number of hydrogen-bond acceptors (Lipinski definition) is 5. The van der Waals surface area contributed by atoms with Gasteiger partial charge in [0.1, 0.15) is 11.9 Å². The van der Waals surface area contributed by atoms with Gasteiger partial charge in [-0.25, -0.2) is 13.9 Å². The van der Waals surface area contributed by atoms with Gasteiger partial charge in [-0.1, -0.05) is 6.07 Å². The second-order valence-electron chi connectivity index (χ2n) is 6.06. The van der Waals surface area contributed by atoms with Crippen molar-refractivity contribution >= 4 is 11.7 Å². The lowest BCUT2D eigenvalue weighted by Crippen LogP contribution is -2.09. The molecule has 0 aliphatic heterocycles. The van der Waals surface area contributed by atoms with Gasteiger partial charge in [0.05, 0.1) is 16.9 Å². The summed E-state index contributed by atoms with van der Waals surface area (Å²) >= 11 is 0. The number of nitriles is 1. The molecule has 0 atom stereocenters. The highest BCUT2D eigenvalue weighted by molar-refractivity contribution is 5.87. The lowest BCUT2D eigenvalue weighted by atomic mass is 10.1. The van der Waals surface area contributed by atoms with Gasteiger partial charge < -0.3 is 15.7 Å². The Morgan fingerprint density at radius 1 is 1.25 bits per heavy atom. The summed E-state index contributed by atoms with van der Waals surface area (Å²) in [6, 6.07) is 12.8. The van der Waals surface area contributed by atoms with E-state index in [1.54, 1.807) is 18.2 Å². The van der Waals surface area contributed by atoms with Gasteiger partial charge in [0.25, 0.3) is 0 Å². The summed E-state index contributed by atoms with van der Waals surface area (Å²) in [5.74, 6) is -1.86. The van der Waals surface area contributed by atoms with Crippen LogP contribution in [0, 0.1) is 17.1 Å². The molecule has 0 spiro atoms. The van der Waals surface area contributed by atoms with Crippen LogP contribution >= 0.6 is 0 Å². The second kappa shape index (κ2) is 7.90. The van der Waals surface area contributed by atoms with Gasteiger partial charge in [0.15, 0.2) is 5.69 Å². The van der Waals surface area contributed by atoms with Crippen LogP contribution in [0.2, 0.25) is 0 Å². The van der Waals surface area contributed by atoms with E-state index in [4.69, 9.17) is 5.26 Å². The van der Waals surface area contributed by atoms with Crippen molar-refractivity contribution < 1.29 is 14.3 Å². The van der Waals surface area contributed by atoms with Crippen molar-refractivity contribution in [2.24, 2.45) is 0 Å². The minimum absolute atomic E-state index is 0.0806. The Bertz CT molecular complexity index is 1080. The Morgan fingerprint density at radius 3 is 2.64 bits per heavy atom. The maximum absolute atomic E-state index is 14.1. The standard InChI is InChI=1S/C20H18FN5O2/c1-23-11-14-7-15(5-6-17(14)24-2)26-19(9-18(25-26)20(27)28)12-3-4-13(10-22)16(21)8-12/h3-9,23-24H,11H2,1-2H3,(H,27,28). The first-order valence-corrected chi connectivity index (χ1v) is 8.47. The van der Waals surface area contributed by atoms with Gasteiger partial charge in [-0.3, -0.25) is 0 Å². The van der Waals surface area contributed by atoms with Gasteiger partial charge in [-0.2, -0.15) is 10.4 Å². The van der Waals surface area contributed by atoms with Crippen molar-refractivity contribution in [2.75, 3.05) is 19.4 Å². The first-order chi connectivity index (χ1) is 13.5. The molecule has 3 aromatic rings. The van der Waals surface area contributed by atoms with E-state index in [0.717, 1.165) is 11.3 Å². The molecule has 0 amide bonds. The smallest absolute Gasteiger partial charge is 0.356 e. The van der Waals surface area contributed by atoms with Crippen molar-refractivity contribution in [1.29, 1.82) is 5.26 Å². The number of benzene rings is 2. The minimum Gasteiger partial charge on any atom is -0.476 e. The molecule has 0 radical (unpaired) electrons. The number of rotatable bonds is 6. The molecule has 3 N–H and O–H groups in total. The topological polar surface area (TPSA) is 103 Å². The van der Waals surface area contributed by atoms with Crippen molar-refractivity contribution in [3.63, 3.8) is 0 Å². The molecule has 0 fully saturated rings. The average molecular weight is 379 g/mol. The molecule has 0 aliphatic rings. The monoisotopic (exact) mass is 379 g/mol. The normalized spacial score (nSPS) is 10.5. The van der Waals surface area contributed by atoms with E-state index in [1.165, 1.54) is 22.9 Å². The maximum Gasteiger partial charge on any atom is 0.356 e. The Labute approximate surface area is 161 Å². The lowest BCUT2D eigenvalue weighted by molar-refractivity contribution is 0.0690. The first-order valence-electron chi connectivity index (χ1n) is 8.47. The number of nitrogens with one attached hydrogen (secondary N) is 2. The van der Waals surface area contributed by atoms with E-state index >= 15 is 0 Å². The predicted octanol–water partition coefficient (Wildman–Crippen LogP) is 3.01. The molecule has 0 bridgehead atoms. The third kappa shape index (κ3) is 3.56. The van der Waals surface area contributed by atoms with E-state index in [2.05, 4.69) is 15.7 Å². The summed E-state index contributed by atoms with van der Waals surface area (Å²) in [5, 5.41) is 28.6. The fourth-order valence-corrected chi connectivity index (χ4v) is 2.95. The zero-order valence-corrected chi connectivity index (χ0v) is 15.3. The molecular weight excluding hydrogens is 361 g/mol. The minimum atomic E-state index is -1.18. The van der Waals surface area contributed by atoms with Crippen LogP contribution < -0.4 is 10.6 Å². The van der Waals surface area contributed by atoms with Crippen molar-refractivity contribution in [3.05, 3.63) is 65.1 Å². The largest absolute Gasteiger partial charge is 0.476 e. The molecule has 28 heavy (non-hydrogen) atoms. The van der Waals surface area contributed by atoms with Gasteiger partial charge in [-0.05, 0) is 49.0 Å². The number of carboxylic acid groups (broad SMARTS) is 1. The molecule has 7 nitrogen and oxygen atoms in total. The van der Waals surface area contributed by atoms with Crippen LogP contribution in [0.3, 0.4) is 0 Å². The number of nitrogens with zero attached hydrogens (tertiary/aromatic N) is 3. The van der Waals surface area contributed by atoms with Crippen LogP contribution in [0.4, 0.5) is 10.1 Å². The summed E-state index contributed by atoms with van der Waals surface area (Å²) in [7, 11) is 3.64. The van der Waals surface area contributed by atoms with E-state index in [0.29, 0.717) is 23.5 Å². The number of aromatic carboxylic acids is 1. The van der Waals surface area contributed by atoms with Gasteiger partial charge in [-0.15, -0.1) is 0 Å². The summed E-state index contributed by atoms with van der Waals surface area (Å²) in [6.07, 6.45) is 0. The average Bonchev–Trinajstić information content (AvgIpc) is 3.14. The molecule has 0 unspecified atom stereocenters. The van der Waals surface area contributed by atoms with Crippen LogP contribution in [0.5, 0.6) is 0 Å². The number of carbonyl (C=O) groups is 1. The van der Waals surface area contributed by atoms with Gasteiger partial charge >= 0.3 is 5.97 Å². The highest BCUT2D eigenvalue weighted by Gasteiger charge is 2.18. The van der Waals surface area contributed by atoms with Gasteiger partial charge in [0.2, 0.25) is 0 Å². The predicted molar refractivity (Wildman–Crippen MR) is 103 cm³/mol. The number of carboxylic acids is 1. The van der Waals surface area contributed by atoms with Gasteiger partial charge in [0, 0.05) is 24.8 Å². The number of anilines is 1. The highest BCUT2D eigenvalue weighted by atomic mass is 19.1. The molecule has 0 saturated carbocycles. The van der Waals surface area contributed by atoms with E-state index < -0.39 is 11.8 Å². The second-order valence-corrected chi connectivity index (χ2v) is 6.06. The Kier molecular flexibility index (Phi) is 5.38. The molecule has 1 heterocycles. The summed E-state index contributed by atoms with van der Waals surface area (Å²) < 4.78 is 15.6. The zero-order valence-electron chi connectivity index (χ0n) is 15.3. The fraction of sp³-hybridized carbons (Fsp3) is 0.150. The third-order valence-corrected chi connectivity index (χ3v) is 4.28. The molecule has 142 valence electrons. The Hall–Kier alpha value is -3.70. The third-order valence-electron chi connectivity index (χ3n) is 4.28. The van der Waals surface area contributed by atoms with Crippen LogP contribution in [0.25, 0.3) is 16.9 Å². The number of halogens is 1. The molecule has 2 aromatic carbocycles. The molecule has 1 aromatic heterocycles. The zero-order chi connectivity index (χ0) is 20.3. The lowest BCUT2D eigenvalue weighted by Gasteiger charge is -2.13. The SMILES string of the molecule is CNCc1cc(-n2nc(C(=O)O)cc2-c2ccc(C#N)c(F)c2)ccc1NC. The number of aromatic nitrogens is 2. The van der Waals surface area contributed by atoms with Crippen LogP contribution in [0.1, 0.15) is 21.6 Å². The van der Waals surface area contributed by atoms with Crippen molar-refractivity contribution in [1.82, 2.24) is 15.1 Å². The van der Waals surface area contributed by atoms with E-state index in [-0.39, 0.29) is 11.3 Å². The Balaban J connectivity index is 2.19. The van der Waals surface area contributed by atoms with Crippen LogP contribution in [-0.4, -0.2) is 35.0 Å².